The molecule has 4 nitrogen and oxygen atoms in total. The molecule has 0 bridgehead atoms. The van der Waals surface area contributed by atoms with Crippen LogP contribution in [-0.4, -0.2) is 16.1 Å². The average molecular weight is 386 g/mol. The number of H-pyrrole nitrogens is 1. The van der Waals surface area contributed by atoms with Crippen molar-refractivity contribution >= 4 is 23.2 Å². The third kappa shape index (κ3) is 2.53. The van der Waals surface area contributed by atoms with E-state index in [-0.39, 0.29) is 11.9 Å². The molecule has 0 spiro atoms. The number of aromatic nitrogens is 2. The Hall–Kier alpha value is -3.37. The quantitative estimate of drug-likeness (QED) is 0.507. The average Bonchev–Trinajstić information content (AvgIpc) is 3.29. The molecule has 0 saturated carbocycles. The van der Waals surface area contributed by atoms with Crippen molar-refractivity contribution in [3.8, 4) is 11.3 Å². The summed E-state index contributed by atoms with van der Waals surface area (Å²) in [6.07, 6.45) is 0. The summed E-state index contributed by atoms with van der Waals surface area (Å²) in [6.45, 7) is 0. The fraction of sp³-hybridized carbons (Fsp3) is 0.0435. The van der Waals surface area contributed by atoms with Crippen molar-refractivity contribution < 1.29 is 4.79 Å². The number of nitrogens with one attached hydrogen (secondary N) is 1. The smallest absolute Gasteiger partial charge is 0.277 e. The van der Waals surface area contributed by atoms with Crippen LogP contribution in [0.3, 0.4) is 0 Å². The number of carbonyl (C=O) groups is 1. The van der Waals surface area contributed by atoms with E-state index in [4.69, 9.17) is 11.6 Å². The lowest BCUT2D eigenvalue weighted by Crippen LogP contribution is -2.29. The lowest BCUT2D eigenvalue weighted by Gasteiger charge is -2.27. The minimum Gasteiger partial charge on any atom is -0.295 e. The van der Waals surface area contributed by atoms with Crippen LogP contribution in [0.2, 0.25) is 5.02 Å². The van der Waals surface area contributed by atoms with Crippen molar-refractivity contribution in [2.24, 2.45) is 0 Å². The van der Waals surface area contributed by atoms with E-state index < -0.39 is 0 Å². The molecular formula is C23H16ClN3O. The number of hydrogen-bond acceptors (Lipinski definition) is 2. The van der Waals surface area contributed by atoms with E-state index >= 15 is 0 Å². The number of nitrogens with zero attached hydrogens (tertiary/aromatic N) is 2. The van der Waals surface area contributed by atoms with Crippen LogP contribution in [0.4, 0.5) is 5.69 Å². The van der Waals surface area contributed by atoms with Crippen molar-refractivity contribution in [3.05, 3.63) is 107 Å². The molecule has 5 rings (SSSR count). The number of carbonyl (C=O) groups excluding carboxylic acids is 1. The van der Waals surface area contributed by atoms with Gasteiger partial charge in [-0.3, -0.25) is 14.8 Å². The predicted molar refractivity (Wildman–Crippen MR) is 111 cm³/mol. The Labute approximate surface area is 167 Å². The zero-order valence-corrected chi connectivity index (χ0v) is 15.6. The number of para-hydroxylation sites is 1. The van der Waals surface area contributed by atoms with Crippen LogP contribution < -0.4 is 4.90 Å². The molecule has 28 heavy (non-hydrogen) atoms. The van der Waals surface area contributed by atoms with Crippen molar-refractivity contribution in [2.75, 3.05) is 4.90 Å². The number of aromatic amines is 1. The maximum atomic E-state index is 13.3. The van der Waals surface area contributed by atoms with Crippen molar-refractivity contribution in [1.29, 1.82) is 0 Å². The Bertz CT molecular complexity index is 1150. The first-order valence-electron chi connectivity index (χ1n) is 9.02. The summed E-state index contributed by atoms with van der Waals surface area (Å²) in [7, 11) is 0. The lowest BCUT2D eigenvalue weighted by molar-refractivity contribution is 0.0989. The Morgan fingerprint density at radius 3 is 2.21 bits per heavy atom. The van der Waals surface area contributed by atoms with E-state index in [0.717, 1.165) is 28.1 Å². The van der Waals surface area contributed by atoms with Gasteiger partial charge in [0, 0.05) is 21.8 Å². The van der Waals surface area contributed by atoms with Gasteiger partial charge in [0.05, 0.1) is 11.7 Å². The molecule has 0 aliphatic carbocycles. The molecule has 2 heterocycles. The van der Waals surface area contributed by atoms with Crippen LogP contribution in [-0.2, 0) is 0 Å². The van der Waals surface area contributed by atoms with Crippen LogP contribution in [0.1, 0.15) is 27.7 Å². The second kappa shape index (κ2) is 6.66. The summed E-state index contributed by atoms with van der Waals surface area (Å²) in [6, 6.07) is 26.8. The summed E-state index contributed by atoms with van der Waals surface area (Å²) < 4.78 is 0. The topological polar surface area (TPSA) is 49.0 Å². The van der Waals surface area contributed by atoms with E-state index in [0.29, 0.717) is 10.7 Å². The summed E-state index contributed by atoms with van der Waals surface area (Å²) in [4.78, 5) is 15.1. The van der Waals surface area contributed by atoms with Gasteiger partial charge in [-0.05, 0) is 23.8 Å². The van der Waals surface area contributed by atoms with Gasteiger partial charge in [-0.1, -0.05) is 78.3 Å². The van der Waals surface area contributed by atoms with Gasteiger partial charge in [-0.25, -0.2) is 0 Å². The lowest BCUT2D eigenvalue weighted by atomic mass is 9.96. The standard InChI is InChI=1S/C23H16ClN3O/c24-18-14-8-7-13-17(18)22-19-20(15-9-3-1-4-10-15)25-26-21(19)23(28)27(22)16-11-5-2-6-12-16/h1-14,22H,(H,25,26)/t22-/m0/s1. The number of anilines is 1. The number of fused-ring (bicyclic) bond motifs is 1. The highest BCUT2D eigenvalue weighted by molar-refractivity contribution is 6.31. The van der Waals surface area contributed by atoms with Crippen LogP contribution in [0.15, 0.2) is 84.9 Å². The molecule has 1 aliphatic heterocycles. The highest BCUT2D eigenvalue weighted by atomic mass is 35.5. The highest BCUT2D eigenvalue weighted by Crippen LogP contribution is 2.46. The van der Waals surface area contributed by atoms with Gasteiger partial charge in [0.15, 0.2) is 0 Å². The van der Waals surface area contributed by atoms with Gasteiger partial charge in [-0.15, -0.1) is 0 Å². The Kier molecular flexibility index (Phi) is 3.99. The molecular weight excluding hydrogens is 370 g/mol. The fourth-order valence-electron chi connectivity index (χ4n) is 3.81. The Morgan fingerprint density at radius 2 is 1.50 bits per heavy atom. The van der Waals surface area contributed by atoms with Gasteiger partial charge in [0.2, 0.25) is 0 Å². The molecule has 5 heteroatoms. The number of benzene rings is 3. The fourth-order valence-corrected chi connectivity index (χ4v) is 4.05. The molecule has 4 aromatic rings. The van der Waals surface area contributed by atoms with E-state index in [1.807, 2.05) is 84.9 Å². The van der Waals surface area contributed by atoms with E-state index in [1.54, 1.807) is 4.90 Å². The van der Waals surface area contributed by atoms with Crippen LogP contribution in [0, 0.1) is 0 Å². The second-order valence-electron chi connectivity index (χ2n) is 6.66. The predicted octanol–water partition coefficient (Wildman–Crippen LogP) is 5.48. The van der Waals surface area contributed by atoms with Gasteiger partial charge in [-0.2, -0.15) is 5.10 Å². The molecule has 136 valence electrons. The SMILES string of the molecule is O=C1c2[nH]nc(-c3ccccc3)c2[C@H](c2ccccc2Cl)N1c1ccccc1. The van der Waals surface area contributed by atoms with Gasteiger partial charge in [0.25, 0.3) is 5.91 Å². The van der Waals surface area contributed by atoms with Crippen molar-refractivity contribution in [1.82, 2.24) is 10.2 Å². The number of hydrogen-bond donors (Lipinski definition) is 1. The zero-order chi connectivity index (χ0) is 19.1. The van der Waals surface area contributed by atoms with E-state index in [9.17, 15) is 4.79 Å². The normalized spacial score (nSPS) is 15.7. The molecule has 1 atom stereocenters. The van der Waals surface area contributed by atoms with Crippen molar-refractivity contribution in [3.63, 3.8) is 0 Å². The molecule has 0 radical (unpaired) electrons. The molecule has 1 amide bonds. The maximum absolute atomic E-state index is 13.3. The largest absolute Gasteiger partial charge is 0.295 e. The molecule has 1 aliphatic rings. The van der Waals surface area contributed by atoms with E-state index in [2.05, 4.69) is 10.2 Å². The number of rotatable bonds is 3. The molecule has 3 aromatic carbocycles. The first-order valence-corrected chi connectivity index (χ1v) is 9.40. The summed E-state index contributed by atoms with van der Waals surface area (Å²) >= 11 is 6.57. The summed E-state index contributed by atoms with van der Waals surface area (Å²) in [5.41, 5.74) is 4.78. The van der Waals surface area contributed by atoms with Crippen molar-refractivity contribution in [2.45, 2.75) is 6.04 Å². The Morgan fingerprint density at radius 1 is 0.857 bits per heavy atom. The van der Waals surface area contributed by atoms with E-state index in [1.165, 1.54) is 0 Å². The summed E-state index contributed by atoms with van der Waals surface area (Å²) in [5.74, 6) is -0.110. The second-order valence-corrected chi connectivity index (χ2v) is 7.07. The van der Waals surface area contributed by atoms with Gasteiger partial charge < -0.3 is 0 Å². The Balaban J connectivity index is 1.77. The van der Waals surface area contributed by atoms with Gasteiger partial charge in [0.1, 0.15) is 5.69 Å². The molecule has 1 N–H and O–H groups in total. The first kappa shape index (κ1) is 16.8. The van der Waals surface area contributed by atoms with Crippen LogP contribution in [0.5, 0.6) is 0 Å². The zero-order valence-electron chi connectivity index (χ0n) is 14.8. The number of halogens is 1. The maximum Gasteiger partial charge on any atom is 0.277 e. The van der Waals surface area contributed by atoms with Crippen LogP contribution >= 0.6 is 11.6 Å². The minimum absolute atomic E-state index is 0.110. The third-order valence-electron chi connectivity index (χ3n) is 5.05. The monoisotopic (exact) mass is 385 g/mol. The number of amides is 1. The molecule has 0 unspecified atom stereocenters. The van der Waals surface area contributed by atoms with Gasteiger partial charge >= 0.3 is 0 Å². The van der Waals surface area contributed by atoms with Crippen LogP contribution in [0.25, 0.3) is 11.3 Å². The first-order chi connectivity index (χ1) is 13.8. The summed E-state index contributed by atoms with van der Waals surface area (Å²) in [5, 5.41) is 8.07. The minimum atomic E-state index is -0.354. The highest BCUT2D eigenvalue weighted by Gasteiger charge is 2.43. The molecule has 1 aromatic heterocycles. The molecule has 0 fully saturated rings. The molecule has 0 saturated heterocycles. The third-order valence-corrected chi connectivity index (χ3v) is 5.39.